The topological polar surface area (TPSA) is 83.6 Å². The molecule has 1 fully saturated rings. The number of likely N-dealkylation sites (tertiary alicyclic amines) is 1. The number of anilines is 1. The van der Waals surface area contributed by atoms with Crippen LogP contribution in [0.5, 0.6) is 0 Å². The second kappa shape index (κ2) is 6.23. The smallest absolute Gasteiger partial charge is 0.303 e. The van der Waals surface area contributed by atoms with Crippen LogP contribution in [-0.2, 0) is 9.59 Å². The number of carboxylic acid groups (broad SMARTS) is 1. The van der Waals surface area contributed by atoms with Crippen LogP contribution in [0.2, 0.25) is 0 Å². The van der Waals surface area contributed by atoms with E-state index in [-0.39, 0.29) is 18.2 Å². The summed E-state index contributed by atoms with van der Waals surface area (Å²) in [6.07, 6.45) is 4.12. The summed E-state index contributed by atoms with van der Waals surface area (Å²) in [6, 6.07) is 7.28. The van der Waals surface area contributed by atoms with Gasteiger partial charge in [-0.1, -0.05) is 12.1 Å². The lowest BCUT2D eigenvalue weighted by Crippen LogP contribution is -2.27. The number of amides is 1. The highest BCUT2D eigenvalue weighted by Gasteiger charge is 2.26. The third-order valence-corrected chi connectivity index (χ3v) is 3.39. The standard InChI is InChI=1S/C15H18N2O3/c16-13-3-1-2-11(8-13)4-5-14(18)17-7-6-12(10-17)9-15(19)20/h1-5,8,12H,6-7,9-10,16H2,(H,19,20)/b5-4+. The predicted molar refractivity (Wildman–Crippen MR) is 76.8 cm³/mol. The molecule has 1 amide bonds. The van der Waals surface area contributed by atoms with Gasteiger partial charge in [0.25, 0.3) is 0 Å². The van der Waals surface area contributed by atoms with Gasteiger partial charge < -0.3 is 15.7 Å². The van der Waals surface area contributed by atoms with E-state index in [1.165, 1.54) is 6.08 Å². The summed E-state index contributed by atoms with van der Waals surface area (Å²) >= 11 is 0. The Hall–Kier alpha value is -2.30. The van der Waals surface area contributed by atoms with Gasteiger partial charge in [0.2, 0.25) is 5.91 Å². The van der Waals surface area contributed by atoms with E-state index in [0.717, 1.165) is 12.0 Å². The third-order valence-electron chi connectivity index (χ3n) is 3.39. The Morgan fingerprint density at radius 2 is 2.25 bits per heavy atom. The minimum absolute atomic E-state index is 0.0669. The van der Waals surface area contributed by atoms with Crippen molar-refractivity contribution in [1.29, 1.82) is 0 Å². The summed E-state index contributed by atoms with van der Waals surface area (Å²) in [4.78, 5) is 24.3. The van der Waals surface area contributed by atoms with Crippen LogP contribution < -0.4 is 5.73 Å². The molecule has 0 spiro atoms. The molecule has 20 heavy (non-hydrogen) atoms. The zero-order valence-corrected chi connectivity index (χ0v) is 11.2. The van der Waals surface area contributed by atoms with Crippen LogP contribution in [0.4, 0.5) is 5.69 Å². The first-order valence-corrected chi connectivity index (χ1v) is 6.59. The van der Waals surface area contributed by atoms with E-state index in [1.807, 2.05) is 12.1 Å². The fourth-order valence-electron chi connectivity index (χ4n) is 2.38. The molecule has 1 unspecified atom stereocenters. The van der Waals surface area contributed by atoms with Gasteiger partial charge in [0.05, 0.1) is 0 Å². The maximum Gasteiger partial charge on any atom is 0.303 e. The number of nitrogens with two attached hydrogens (primary N) is 1. The number of rotatable bonds is 4. The molecule has 5 heteroatoms. The average Bonchev–Trinajstić information content (AvgIpc) is 2.84. The molecule has 1 atom stereocenters. The van der Waals surface area contributed by atoms with Gasteiger partial charge in [-0.25, -0.2) is 0 Å². The molecular weight excluding hydrogens is 256 g/mol. The molecule has 0 bridgehead atoms. The number of nitrogens with zero attached hydrogens (tertiary/aromatic N) is 1. The van der Waals surface area contributed by atoms with Crippen molar-refractivity contribution in [3.63, 3.8) is 0 Å². The molecular formula is C15H18N2O3. The Morgan fingerprint density at radius 3 is 2.95 bits per heavy atom. The molecule has 0 radical (unpaired) electrons. The summed E-state index contributed by atoms with van der Waals surface area (Å²) in [7, 11) is 0. The van der Waals surface area contributed by atoms with Crippen molar-refractivity contribution >= 4 is 23.6 Å². The first-order chi connectivity index (χ1) is 9.54. The number of aliphatic carboxylic acids is 1. The Bertz CT molecular complexity index is 540. The van der Waals surface area contributed by atoms with Crippen molar-refractivity contribution in [2.24, 2.45) is 5.92 Å². The maximum absolute atomic E-state index is 12.0. The number of hydrogen-bond acceptors (Lipinski definition) is 3. The number of carbonyl (C=O) groups excluding carboxylic acids is 1. The fraction of sp³-hybridized carbons (Fsp3) is 0.333. The van der Waals surface area contributed by atoms with E-state index >= 15 is 0 Å². The van der Waals surface area contributed by atoms with Gasteiger partial charge in [-0.05, 0) is 36.1 Å². The van der Waals surface area contributed by atoms with Crippen LogP contribution in [0.15, 0.2) is 30.3 Å². The van der Waals surface area contributed by atoms with Crippen LogP contribution >= 0.6 is 0 Å². The summed E-state index contributed by atoms with van der Waals surface area (Å²) in [5, 5.41) is 8.75. The summed E-state index contributed by atoms with van der Waals surface area (Å²) < 4.78 is 0. The fourth-order valence-corrected chi connectivity index (χ4v) is 2.38. The van der Waals surface area contributed by atoms with Gasteiger partial charge in [0.15, 0.2) is 0 Å². The Morgan fingerprint density at radius 1 is 1.45 bits per heavy atom. The lowest BCUT2D eigenvalue weighted by atomic mass is 10.1. The normalized spacial score (nSPS) is 18.6. The van der Waals surface area contributed by atoms with Crippen LogP contribution in [0.25, 0.3) is 6.08 Å². The van der Waals surface area contributed by atoms with E-state index < -0.39 is 5.97 Å². The van der Waals surface area contributed by atoms with Crippen molar-refractivity contribution in [2.45, 2.75) is 12.8 Å². The molecule has 1 aromatic rings. The molecule has 106 valence electrons. The zero-order valence-electron chi connectivity index (χ0n) is 11.2. The van der Waals surface area contributed by atoms with E-state index in [9.17, 15) is 9.59 Å². The zero-order chi connectivity index (χ0) is 14.5. The second-order valence-corrected chi connectivity index (χ2v) is 5.04. The quantitative estimate of drug-likeness (QED) is 0.645. The van der Waals surface area contributed by atoms with Crippen molar-refractivity contribution < 1.29 is 14.7 Å². The monoisotopic (exact) mass is 274 g/mol. The van der Waals surface area contributed by atoms with Crippen molar-refractivity contribution in [1.82, 2.24) is 4.90 Å². The van der Waals surface area contributed by atoms with Crippen LogP contribution in [0.1, 0.15) is 18.4 Å². The number of benzene rings is 1. The summed E-state index contributed by atoms with van der Waals surface area (Å²) in [6.45, 7) is 1.14. The minimum Gasteiger partial charge on any atom is -0.481 e. The maximum atomic E-state index is 12.0. The second-order valence-electron chi connectivity index (χ2n) is 5.04. The average molecular weight is 274 g/mol. The lowest BCUT2D eigenvalue weighted by Gasteiger charge is -2.13. The van der Waals surface area contributed by atoms with Gasteiger partial charge in [-0.2, -0.15) is 0 Å². The van der Waals surface area contributed by atoms with Gasteiger partial charge in [0, 0.05) is 31.3 Å². The van der Waals surface area contributed by atoms with E-state index in [4.69, 9.17) is 10.8 Å². The number of nitrogen functional groups attached to an aromatic ring is 1. The van der Waals surface area contributed by atoms with Gasteiger partial charge in [-0.3, -0.25) is 9.59 Å². The van der Waals surface area contributed by atoms with Crippen molar-refractivity contribution in [3.05, 3.63) is 35.9 Å². The molecule has 1 saturated heterocycles. The van der Waals surface area contributed by atoms with Crippen LogP contribution in [0.3, 0.4) is 0 Å². The van der Waals surface area contributed by atoms with Crippen LogP contribution in [-0.4, -0.2) is 35.0 Å². The molecule has 1 heterocycles. The molecule has 0 aliphatic carbocycles. The Kier molecular flexibility index (Phi) is 4.40. The van der Waals surface area contributed by atoms with Gasteiger partial charge in [0.1, 0.15) is 0 Å². The molecule has 0 saturated carbocycles. The lowest BCUT2D eigenvalue weighted by molar-refractivity contribution is -0.138. The Balaban J connectivity index is 1.91. The third kappa shape index (κ3) is 3.85. The SMILES string of the molecule is Nc1cccc(/C=C/C(=O)N2CCC(CC(=O)O)C2)c1. The predicted octanol–water partition coefficient (Wildman–Crippen LogP) is 1.61. The largest absolute Gasteiger partial charge is 0.481 e. The molecule has 1 aromatic carbocycles. The van der Waals surface area contributed by atoms with E-state index in [0.29, 0.717) is 18.8 Å². The first kappa shape index (κ1) is 14.1. The molecule has 5 nitrogen and oxygen atoms in total. The van der Waals surface area contributed by atoms with Crippen molar-refractivity contribution in [3.8, 4) is 0 Å². The summed E-state index contributed by atoms with van der Waals surface area (Å²) in [5.74, 6) is -0.822. The first-order valence-electron chi connectivity index (χ1n) is 6.59. The number of carboxylic acids is 1. The molecule has 2 rings (SSSR count). The van der Waals surface area contributed by atoms with Crippen molar-refractivity contribution in [2.75, 3.05) is 18.8 Å². The number of carbonyl (C=O) groups is 2. The highest BCUT2D eigenvalue weighted by molar-refractivity contribution is 5.92. The van der Waals surface area contributed by atoms with Gasteiger partial charge >= 0.3 is 5.97 Å². The molecule has 3 N–H and O–H groups in total. The number of hydrogen-bond donors (Lipinski definition) is 2. The highest BCUT2D eigenvalue weighted by atomic mass is 16.4. The molecule has 0 aromatic heterocycles. The van der Waals surface area contributed by atoms with Crippen LogP contribution in [0, 0.1) is 5.92 Å². The molecule has 1 aliphatic rings. The minimum atomic E-state index is -0.806. The molecule has 1 aliphatic heterocycles. The Labute approximate surface area is 117 Å². The van der Waals surface area contributed by atoms with E-state index in [2.05, 4.69) is 0 Å². The van der Waals surface area contributed by atoms with E-state index in [1.54, 1.807) is 23.1 Å². The highest BCUT2D eigenvalue weighted by Crippen LogP contribution is 2.20. The summed E-state index contributed by atoms with van der Waals surface area (Å²) in [5.41, 5.74) is 7.20. The van der Waals surface area contributed by atoms with Gasteiger partial charge in [-0.15, -0.1) is 0 Å².